The van der Waals surface area contributed by atoms with E-state index in [0.717, 1.165) is 18.2 Å². The molecule has 0 fully saturated rings. The van der Waals surface area contributed by atoms with Gasteiger partial charge in [-0.1, -0.05) is 0 Å². The van der Waals surface area contributed by atoms with Crippen LogP contribution in [0.4, 0.5) is 11.4 Å². The summed E-state index contributed by atoms with van der Waals surface area (Å²) in [6.45, 7) is 0. The highest BCUT2D eigenvalue weighted by molar-refractivity contribution is 7.85. The zero-order valence-electron chi connectivity index (χ0n) is 10.5. The van der Waals surface area contributed by atoms with Crippen molar-refractivity contribution in [3.8, 4) is 5.75 Å². The summed E-state index contributed by atoms with van der Waals surface area (Å²) in [5.74, 6) is -0.925. The van der Waals surface area contributed by atoms with Crippen LogP contribution in [0.1, 0.15) is 0 Å². The molecular weight excluding hydrogens is 324 g/mol. The average molecular weight is 332 g/mol. The van der Waals surface area contributed by atoms with Gasteiger partial charge in [-0.3, -0.25) is 24.8 Å². The van der Waals surface area contributed by atoms with E-state index in [2.05, 4.69) is 0 Å². The number of fused-ring (bicyclic) bond motifs is 1. The minimum atomic E-state index is -4.63. The second kappa shape index (κ2) is 5.51. The predicted molar refractivity (Wildman–Crippen MR) is 72.4 cm³/mol. The smallest absolute Gasteiger partial charge is 0.318 e. The van der Waals surface area contributed by atoms with Crippen molar-refractivity contribution in [3.05, 3.63) is 44.5 Å². The van der Waals surface area contributed by atoms with Gasteiger partial charge in [0.2, 0.25) is 5.75 Å². The maximum atomic E-state index is 11.0. The zero-order chi connectivity index (χ0) is 15.9. The van der Waals surface area contributed by atoms with E-state index in [-0.39, 0.29) is 10.9 Å². The van der Waals surface area contributed by atoms with E-state index in [1.54, 1.807) is 0 Å². The van der Waals surface area contributed by atoms with Crippen molar-refractivity contribution >= 4 is 32.3 Å². The van der Waals surface area contributed by atoms with Gasteiger partial charge in [-0.05, 0) is 18.2 Å². The van der Waals surface area contributed by atoms with Gasteiger partial charge in [-0.25, -0.2) is 0 Å². The molecule has 0 bridgehead atoms. The first-order chi connectivity index (χ1) is 9.62. The van der Waals surface area contributed by atoms with E-state index in [0.29, 0.717) is 6.07 Å². The molecule has 0 spiro atoms. The molecule has 4 N–H and O–H groups in total. The van der Waals surface area contributed by atoms with Crippen LogP contribution < -0.4 is 0 Å². The quantitative estimate of drug-likeness (QED) is 0.467. The summed E-state index contributed by atoms with van der Waals surface area (Å²) in [7, 11) is -4.63. The molecule has 0 saturated heterocycles. The molecule has 2 aromatic rings. The van der Waals surface area contributed by atoms with Crippen molar-refractivity contribution < 1.29 is 33.4 Å². The molecule has 0 unspecified atom stereocenters. The molecule has 0 radical (unpaired) electrons. The Balaban J connectivity index is 0.00000242. The van der Waals surface area contributed by atoms with Crippen LogP contribution in [0.5, 0.6) is 5.75 Å². The van der Waals surface area contributed by atoms with Gasteiger partial charge < -0.3 is 10.6 Å². The first-order valence-electron chi connectivity index (χ1n) is 5.19. The van der Waals surface area contributed by atoms with E-state index < -0.39 is 47.4 Å². The SMILES string of the molecule is O.O=[N+]([O-])c1cc([N+](=O)[O-])c2ccc(S(=O)(=O)O)cc2c1O. The molecular formula is C10H8N2O9S. The molecule has 0 saturated carbocycles. The number of hydrogen-bond acceptors (Lipinski definition) is 7. The normalized spacial score (nSPS) is 11.0. The summed E-state index contributed by atoms with van der Waals surface area (Å²) in [5.41, 5.74) is -1.61. The summed E-state index contributed by atoms with van der Waals surface area (Å²) in [6.07, 6.45) is 0. The Kier molecular flexibility index (Phi) is 4.32. The summed E-state index contributed by atoms with van der Waals surface area (Å²) in [6, 6.07) is 3.15. The summed E-state index contributed by atoms with van der Waals surface area (Å²) in [4.78, 5) is 19.1. The van der Waals surface area contributed by atoms with Gasteiger partial charge in [0.05, 0.1) is 26.2 Å². The lowest BCUT2D eigenvalue weighted by Gasteiger charge is -2.05. The largest absolute Gasteiger partial charge is 0.502 e. The number of nitro groups is 2. The monoisotopic (exact) mass is 332 g/mol. The van der Waals surface area contributed by atoms with E-state index in [4.69, 9.17) is 4.55 Å². The maximum absolute atomic E-state index is 11.0. The molecule has 0 atom stereocenters. The number of nitro benzene ring substituents is 2. The predicted octanol–water partition coefficient (Wildman–Crippen LogP) is 0.784. The van der Waals surface area contributed by atoms with Crippen molar-refractivity contribution in [1.29, 1.82) is 0 Å². The molecule has 118 valence electrons. The molecule has 0 heterocycles. The highest BCUT2D eigenvalue weighted by Crippen LogP contribution is 2.40. The van der Waals surface area contributed by atoms with Crippen molar-refractivity contribution in [2.75, 3.05) is 0 Å². The fourth-order valence-corrected chi connectivity index (χ4v) is 2.31. The number of hydrogen-bond donors (Lipinski definition) is 2. The Morgan fingerprint density at radius 3 is 1.95 bits per heavy atom. The Morgan fingerprint density at radius 2 is 1.50 bits per heavy atom. The minimum Gasteiger partial charge on any atom is -0.502 e. The van der Waals surface area contributed by atoms with Gasteiger partial charge in [-0.15, -0.1) is 0 Å². The third-order valence-electron chi connectivity index (χ3n) is 2.73. The number of aromatic hydroxyl groups is 1. The molecule has 22 heavy (non-hydrogen) atoms. The standard InChI is InChI=1S/C10H6N2O8S.H2O/c13-10-7-3-5(21(18,19)20)1-2-6(7)8(11(14)15)4-9(10)12(16)17;/h1-4,13H,(H,18,19,20);1H2. The van der Waals surface area contributed by atoms with Crippen molar-refractivity contribution in [2.24, 2.45) is 0 Å². The van der Waals surface area contributed by atoms with Crippen LogP contribution in [0.3, 0.4) is 0 Å². The lowest BCUT2D eigenvalue weighted by atomic mass is 10.1. The summed E-state index contributed by atoms with van der Waals surface area (Å²) < 4.78 is 31.0. The zero-order valence-corrected chi connectivity index (χ0v) is 11.3. The molecule has 0 aliphatic heterocycles. The number of phenolic OH excluding ortho intramolecular Hbond substituents is 1. The number of rotatable bonds is 3. The Labute approximate surface area is 121 Å². The Morgan fingerprint density at radius 1 is 0.955 bits per heavy atom. The maximum Gasteiger partial charge on any atom is 0.318 e. The summed E-state index contributed by atoms with van der Waals surface area (Å²) >= 11 is 0. The van der Waals surface area contributed by atoms with Gasteiger partial charge >= 0.3 is 5.69 Å². The van der Waals surface area contributed by atoms with E-state index in [9.17, 15) is 33.8 Å². The van der Waals surface area contributed by atoms with Crippen molar-refractivity contribution in [1.82, 2.24) is 0 Å². The second-order valence-corrected chi connectivity index (χ2v) is 5.38. The first-order valence-corrected chi connectivity index (χ1v) is 6.63. The lowest BCUT2D eigenvalue weighted by molar-refractivity contribution is -0.393. The van der Waals surface area contributed by atoms with Crippen LogP contribution in [0.15, 0.2) is 29.2 Å². The second-order valence-electron chi connectivity index (χ2n) is 3.96. The Hall–Kier alpha value is -2.83. The minimum absolute atomic E-state index is 0. The van der Waals surface area contributed by atoms with Crippen LogP contribution in [0, 0.1) is 20.2 Å². The van der Waals surface area contributed by atoms with Gasteiger partial charge in [0.1, 0.15) is 0 Å². The van der Waals surface area contributed by atoms with E-state index in [1.807, 2.05) is 0 Å². The topological polar surface area (TPSA) is 192 Å². The molecule has 0 aliphatic carbocycles. The third-order valence-corrected chi connectivity index (χ3v) is 3.58. The van der Waals surface area contributed by atoms with Crippen molar-refractivity contribution in [2.45, 2.75) is 4.90 Å². The fourth-order valence-electron chi connectivity index (χ4n) is 1.81. The van der Waals surface area contributed by atoms with Gasteiger partial charge in [-0.2, -0.15) is 8.42 Å². The van der Waals surface area contributed by atoms with Crippen LogP contribution >= 0.6 is 0 Å². The lowest BCUT2D eigenvalue weighted by Crippen LogP contribution is -1.99. The molecule has 12 heteroatoms. The number of nitrogens with zero attached hydrogens (tertiary/aromatic N) is 2. The highest BCUT2D eigenvalue weighted by Gasteiger charge is 2.26. The number of phenols is 1. The third kappa shape index (κ3) is 2.78. The molecule has 11 nitrogen and oxygen atoms in total. The highest BCUT2D eigenvalue weighted by atomic mass is 32.2. The Bertz CT molecular complexity index is 891. The van der Waals surface area contributed by atoms with Crippen LogP contribution in [-0.4, -0.2) is 33.4 Å². The van der Waals surface area contributed by atoms with Crippen molar-refractivity contribution in [3.63, 3.8) is 0 Å². The van der Waals surface area contributed by atoms with Crippen LogP contribution in [0.2, 0.25) is 0 Å². The first kappa shape index (κ1) is 17.2. The van der Waals surface area contributed by atoms with Gasteiger partial charge in [0.25, 0.3) is 15.8 Å². The van der Waals surface area contributed by atoms with E-state index >= 15 is 0 Å². The van der Waals surface area contributed by atoms with Gasteiger partial charge in [0.15, 0.2) is 0 Å². The van der Waals surface area contributed by atoms with E-state index in [1.165, 1.54) is 0 Å². The van der Waals surface area contributed by atoms with Crippen LogP contribution in [-0.2, 0) is 10.1 Å². The average Bonchev–Trinajstić information content (AvgIpc) is 2.36. The molecule has 0 aliphatic rings. The summed E-state index contributed by atoms with van der Waals surface area (Å²) in [5, 5.41) is 30.8. The number of benzene rings is 2. The molecule has 2 rings (SSSR count). The van der Waals surface area contributed by atoms with Crippen LogP contribution in [0.25, 0.3) is 10.8 Å². The number of non-ortho nitro benzene ring substituents is 1. The molecule has 2 aromatic carbocycles. The molecule has 0 amide bonds. The fraction of sp³-hybridized carbons (Fsp3) is 0. The van der Waals surface area contributed by atoms with Gasteiger partial charge in [0, 0.05) is 5.39 Å². The molecule has 0 aromatic heterocycles.